The van der Waals surface area contributed by atoms with E-state index in [2.05, 4.69) is 16.3 Å². The van der Waals surface area contributed by atoms with Crippen LogP contribution in [0.5, 0.6) is 5.75 Å². The molecule has 7 nitrogen and oxygen atoms in total. The van der Waals surface area contributed by atoms with Crippen molar-refractivity contribution >= 4 is 5.91 Å². The van der Waals surface area contributed by atoms with Crippen molar-refractivity contribution in [3.8, 4) is 23.3 Å². The van der Waals surface area contributed by atoms with Gasteiger partial charge in [-0.05, 0) is 68.5 Å². The number of likely N-dealkylation sites (tertiary alicyclic amines) is 1. The van der Waals surface area contributed by atoms with Crippen LogP contribution in [-0.2, 0) is 12.8 Å². The number of nitriles is 1. The standard InChI is InChI=1S/C26H27FN4O3/c1-3-17-14-23(33-4-2)22(13-19(17)16-28)26(32)31-11-6-5-10-21(31)15-24-29-30-25(34-24)18-8-7-9-20(27)12-18/h7-9,12-14,21H,3-6,10-11,15H2,1-2H3. The van der Waals surface area contributed by atoms with E-state index in [0.29, 0.717) is 54.3 Å². The Hall–Kier alpha value is -3.73. The van der Waals surface area contributed by atoms with Crippen molar-refractivity contribution in [2.24, 2.45) is 0 Å². The van der Waals surface area contributed by atoms with Crippen LogP contribution in [0.25, 0.3) is 11.5 Å². The summed E-state index contributed by atoms with van der Waals surface area (Å²) in [4.78, 5) is 15.5. The lowest BCUT2D eigenvalue weighted by atomic mass is 9.96. The van der Waals surface area contributed by atoms with Gasteiger partial charge in [0.1, 0.15) is 11.6 Å². The monoisotopic (exact) mass is 462 g/mol. The molecule has 4 rings (SSSR count). The molecule has 2 heterocycles. The van der Waals surface area contributed by atoms with Crippen LogP contribution < -0.4 is 4.74 Å². The van der Waals surface area contributed by atoms with Crippen molar-refractivity contribution < 1.29 is 18.3 Å². The number of hydrogen-bond donors (Lipinski definition) is 0. The van der Waals surface area contributed by atoms with Gasteiger partial charge >= 0.3 is 0 Å². The van der Waals surface area contributed by atoms with Gasteiger partial charge in [0.15, 0.2) is 0 Å². The van der Waals surface area contributed by atoms with Crippen molar-refractivity contribution in [2.45, 2.75) is 52.0 Å². The largest absolute Gasteiger partial charge is 0.493 e. The molecule has 34 heavy (non-hydrogen) atoms. The Kier molecular flexibility index (Phi) is 7.21. The lowest BCUT2D eigenvalue weighted by molar-refractivity contribution is 0.0601. The number of halogens is 1. The minimum absolute atomic E-state index is 0.132. The van der Waals surface area contributed by atoms with Gasteiger partial charge in [0.2, 0.25) is 11.8 Å². The first-order chi connectivity index (χ1) is 16.5. The van der Waals surface area contributed by atoms with Crippen molar-refractivity contribution in [3.05, 3.63) is 64.8 Å². The Bertz CT molecular complexity index is 1220. The zero-order valence-corrected chi connectivity index (χ0v) is 19.4. The lowest BCUT2D eigenvalue weighted by Gasteiger charge is -2.35. The average molecular weight is 463 g/mol. The predicted molar refractivity (Wildman–Crippen MR) is 124 cm³/mol. The molecule has 8 heteroatoms. The molecule has 1 unspecified atom stereocenters. The lowest BCUT2D eigenvalue weighted by Crippen LogP contribution is -2.45. The molecule has 0 N–H and O–H groups in total. The maximum absolute atomic E-state index is 13.7. The fourth-order valence-corrected chi connectivity index (χ4v) is 4.37. The van der Waals surface area contributed by atoms with Crippen LogP contribution in [0.2, 0.25) is 0 Å². The highest BCUT2D eigenvalue weighted by Crippen LogP contribution is 2.30. The molecule has 1 fully saturated rings. The number of carbonyl (C=O) groups is 1. The van der Waals surface area contributed by atoms with Crippen LogP contribution in [0.4, 0.5) is 4.39 Å². The number of aromatic nitrogens is 2. The second kappa shape index (κ2) is 10.5. The van der Waals surface area contributed by atoms with Gasteiger partial charge in [-0.3, -0.25) is 4.79 Å². The number of piperidine rings is 1. The number of amides is 1. The second-order valence-corrected chi connectivity index (χ2v) is 8.27. The molecule has 1 aliphatic rings. The summed E-state index contributed by atoms with van der Waals surface area (Å²) in [5.41, 5.74) is 2.25. The fraction of sp³-hybridized carbons (Fsp3) is 0.385. The molecule has 0 radical (unpaired) electrons. The van der Waals surface area contributed by atoms with E-state index in [0.717, 1.165) is 24.8 Å². The second-order valence-electron chi connectivity index (χ2n) is 8.27. The van der Waals surface area contributed by atoms with Gasteiger partial charge in [-0.15, -0.1) is 10.2 Å². The van der Waals surface area contributed by atoms with Crippen LogP contribution >= 0.6 is 0 Å². The molecule has 176 valence electrons. The molecule has 2 aromatic carbocycles. The Morgan fingerprint density at radius 3 is 2.85 bits per heavy atom. The third kappa shape index (κ3) is 4.93. The third-order valence-electron chi connectivity index (χ3n) is 6.07. The SMILES string of the molecule is CCOc1cc(CC)c(C#N)cc1C(=O)N1CCCCC1Cc1nnc(-c2cccc(F)c2)o1. The molecule has 1 atom stereocenters. The summed E-state index contributed by atoms with van der Waals surface area (Å²) in [5, 5.41) is 17.8. The summed E-state index contributed by atoms with van der Waals surface area (Å²) < 4.78 is 25.1. The number of rotatable bonds is 7. The van der Waals surface area contributed by atoms with E-state index >= 15 is 0 Å². The minimum atomic E-state index is -0.378. The third-order valence-corrected chi connectivity index (χ3v) is 6.07. The Balaban J connectivity index is 1.59. The summed E-state index contributed by atoms with van der Waals surface area (Å²) in [6.45, 7) is 4.85. The van der Waals surface area contributed by atoms with Crippen molar-refractivity contribution in [1.82, 2.24) is 15.1 Å². The van der Waals surface area contributed by atoms with Crippen molar-refractivity contribution in [1.29, 1.82) is 5.26 Å². The van der Waals surface area contributed by atoms with E-state index in [9.17, 15) is 14.4 Å². The van der Waals surface area contributed by atoms with Crippen LogP contribution in [0.1, 0.15) is 60.5 Å². The van der Waals surface area contributed by atoms with Gasteiger partial charge in [0, 0.05) is 24.6 Å². The molecular weight excluding hydrogens is 435 g/mol. The van der Waals surface area contributed by atoms with Crippen LogP contribution in [0.15, 0.2) is 40.8 Å². The van der Waals surface area contributed by atoms with E-state index < -0.39 is 0 Å². The Morgan fingerprint density at radius 2 is 2.12 bits per heavy atom. The number of nitrogens with zero attached hydrogens (tertiary/aromatic N) is 4. The molecule has 0 saturated carbocycles. The van der Waals surface area contributed by atoms with E-state index in [1.165, 1.54) is 12.1 Å². The number of aryl methyl sites for hydroxylation is 1. The zero-order valence-electron chi connectivity index (χ0n) is 19.4. The first kappa shape index (κ1) is 23.4. The van der Waals surface area contributed by atoms with Gasteiger partial charge in [0.05, 0.1) is 23.8 Å². The van der Waals surface area contributed by atoms with E-state index in [-0.39, 0.29) is 23.7 Å². The minimum Gasteiger partial charge on any atom is -0.493 e. The van der Waals surface area contributed by atoms with E-state index in [1.807, 2.05) is 18.7 Å². The van der Waals surface area contributed by atoms with Gasteiger partial charge in [-0.2, -0.15) is 5.26 Å². The summed E-state index contributed by atoms with van der Waals surface area (Å²) in [7, 11) is 0. The molecule has 3 aromatic rings. The van der Waals surface area contributed by atoms with Crippen molar-refractivity contribution in [2.75, 3.05) is 13.2 Å². The summed E-state index contributed by atoms with van der Waals surface area (Å²) in [6, 6.07) is 11.5. The fourth-order valence-electron chi connectivity index (χ4n) is 4.37. The molecule has 1 aromatic heterocycles. The van der Waals surface area contributed by atoms with Crippen LogP contribution in [0, 0.1) is 17.1 Å². The normalized spacial score (nSPS) is 15.7. The molecular formula is C26H27FN4O3. The van der Waals surface area contributed by atoms with E-state index in [4.69, 9.17) is 9.15 Å². The van der Waals surface area contributed by atoms with Gasteiger partial charge in [-0.1, -0.05) is 13.0 Å². The topological polar surface area (TPSA) is 92.2 Å². The number of ether oxygens (including phenoxy) is 1. The Morgan fingerprint density at radius 1 is 1.26 bits per heavy atom. The number of carbonyl (C=O) groups excluding carboxylic acids is 1. The van der Waals surface area contributed by atoms with Crippen LogP contribution in [-0.4, -0.2) is 40.2 Å². The molecule has 0 spiro atoms. The van der Waals surface area contributed by atoms with Crippen LogP contribution in [0.3, 0.4) is 0 Å². The van der Waals surface area contributed by atoms with E-state index in [1.54, 1.807) is 24.3 Å². The van der Waals surface area contributed by atoms with Gasteiger partial charge in [-0.25, -0.2) is 4.39 Å². The van der Waals surface area contributed by atoms with Gasteiger partial charge in [0.25, 0.3) is 5.91 Å². The quantitative estimate of drug-likeness (QED) is 0.494. The summed E-state index contributed by atoms with van der Waals surface area (Å²) >= 11 is 0. The highest BCUT2D eigenvalue weighted by molar-refractivity contribution is 5.97. The highest BCUT2D eigenvalue weighted by atomic mass is 19.1. The molecule has 0 bridgehead atoms. The maximum atomic E-state index is 13.7. The number of hydrogen-bond acceptors (Lipinski definition) is 6. The average Bonchev–Trinajstić information content (AvgIpc) is 3.32. The highest BCUT2D eigenvalue weighted by Gasteiger charge is 2.31. The molecule has 1 amide bonds. The Labute approximate surface area is 198 Å². The first-order valence-corrected chi connectivity index (χ1v) is 11.6. The summed E-state index contributed by atoms with van der Waals surface area (Å²) in [5.74, 6) is 0.594. The van der Waals surface area contributed by atoms with Gasteiger partial charge < -0.3 is 14.1 Å². The molecule has 0 aliphatic carbocycles. The first-order valence-electron chi connectivity index (χ1n) is 11.6. The predicted octanol–water partition coefficient (Wildman–Crippen LogP) is 4.95. The smallest absolute Gasteiger partial charge is 0.257 e. The zero-order chi connectivity index (χ0) is 24.1. The molecule has 1 aliphatic heterocycles. The molecule has 1 saturated heterocycles. The summed E-state index contributed by atoms with van der Waals surface area (Å²) in [6.07, 6.45) is 3.74. The van der Waals surface area contributed by atoms with Crippen molar-refractivity contribution in [3.63, 3.8) is 0 Å². The maximum Gasteiger partial charge on any atom is 0.257 e. The number of benzene rings is 2.